The quantitative estimate of drug-likeness (QED) is 0.857. The Labute approximate surface area is 147 Å². The van der Waals surface area contributed by atoms with Crippen LogP contribution in [0.15, 0.2) is 42.2 Å². The smallest absolute Gasteiger partial charge is 0.416 e. The van der Waals surface area contributed by atoms with Crippen molar-refractivity contribution in [2.45, 2.75) is 39.3 Å². The molecule has 1 fully saturated rings. The molecule has 0 spiro atoms. The Morgan fingerprint density at radius 2 is 2.00 bits per heavy atom. The number of halogens is 1. The molecule has 0 aromatic heterocycles. The van der Waals surface area contributed by atoms with E-state index in [-0.39, 0.29) is 12.5 Å². The van der Waals surface area contributed by atoms with E-state index >= 15 is 0 Å². The van der Waals surface area contributed by atoms with E-state index in [9.17, 15) is 19.1 Å². The van der Waals surface area contributed by atoms with E-state index in [0.29, 0.717) is 6.42 Å². The second kappa shape index (κ2) is 8.25. The fourth-order valence-electron chi connectivity index (χ4n) is 2.78. The van der Waals surface area contributed by atoms with Crippen molar-refractivity contribution in [2.24, 2.45) is 11.8 Å². The predicted molar refractivity (Wildman–Crippen MR) is 91.3 cm³/mol. The van der Waals surface area contributed by atoms with Gasteiger partial charge >= 0.3 is 6.09 Å². The summed E-state index contributed by atoms with van der Waals surface area (Å²) in [6.07, 6.45) is -0.622. The molecule has 1 aliphatic rings. The number of carbonyl (C=O) groups excluding carboxylic acids is 2. The number of amides is 2. The number of aliphatic hydroxyl groups excluding tert-OH is 1. The van der Waals surface area contributed by atoms with Crippen LogP contribution < -0.4 is 0 Å². The Bertz CT molecular complexity index is 644. The number of hydrogen-bond donors (Lipinski definition) is 1. The van der Waals surface area contributed by atoms with E-state index in [1.54, 1.807) is 13.8 Å². The van der Waals surface area contributed by atoms with Crippen LogP contribution in [0.25, 0.3) is 0 Å². The first-order valence-electron chi connectivity index (χ1n) is 8.40. The number of nitrogens with zero attached hydrogens (tertiary/aromatic N) is 1. The summed E-state index contributed by atoms with van der Waals surface area (Å²) in [7, 11) is 0. The van der Waals surface area contributed by atoms with Gasteiger partial charge in [0.2, 0.25) is 5.91 Å². The molecule has 1 heterocycles. The zero-order valence-corrected chi connectivity index (χ0v) is 14.7. The molecule has 0 unspecified atom stereocenters. The summed E-state index contributed by atoms with van der Waals surface area (Å²) in [5.41, 5.74) is 0.961. The maximum Gasteiger partial charge on any atom is 0.416 e. The van der Waals surface area contributed by atoms with Crippen LogP contribution in [0.2, 0.25) is 0 Å². The molecule has 1 N–H and O–H groups in total. The normalized spacial score (nSPS) is 20.6. The molecule has 1 aromatic rings. The summed E-state index contributed by atoms with van der Waals surface area (Å²) in [5.74, 6) is -2.58. The second-order valence-corrected chi connectivity index (χ2v) is 6.66. The molecule has 0 radical (unpaired) electrons. The van der Waals surface area contributed by atoms with Crippen molar-refractivity contribution in [2.75, 3.05) is 6.61 Å². The number of ether oxygens (including phenoxy) is 1. The summed E-state index contributed by atoms with van der Waals surface area (Å²) in [6.45, 7) is 5.04. The van der Waals surface area contributed by atoms with Gasteiger partial charge < -0.3 is 9.84 Å². The Balaban J connectivity index is 2.13. The average molecular weight is 349 g/mol. The number of aliphatic hydroxyl groups is 1. The van der Waals surface area contributed by atoms with Gasteiger partial charge in [-0.2, -0.15) is 0 Å². The van der Waals surface area contributed by atoms with Gasteiger partial charge in [0.25, 0.3) is 0 Å². The van der Waals surface area contributed by atoms with Crippen LogP contribution in [-0.4, -0.2) is 40.8 Å². The van der Waals surface area contributed by atoms with Gasteiger partial charge in [-0.15, -0.1) is 0 Å². The Hall–Kier alpha value is -2.21. The van der Waals surface area contributed by atoms with Crippen molar-refractivity contribution in [3.05, 3.63) is 47.8 Å². The molecule has 0 aliphatic carbocycles. The Morgan fingerprint density at radius 1 is 1.36 bits per heavy atom. The van der Waals surface area contributed by atoms with Gasteiger partial charge in [0, 0.05) is 0 Å². The lowest BCUT2D eigenvalue weighted by molar-refractivity contribution is -0.135. The highest BCUT2D eigenvalue weighted by atomic mass is 19.1. The summed E-state index contributed by atoms with van der Waals surface area (Å²) in [5, 5.41) is 10.1. The number of rotatable bonds is 6. The van der Waals surface area contributed by atoms with Crippen LogP contribution in [0.3, 0.4) is 0 Å². The molecule has 1 saturated heterocycles. The SMILES string of the molecule is CC(C)/C=C(\F)[C@H](O)[C@@H](C)C(=O)N1C(=O)OC[C@H]1Cc1ccccc1. The van der Waals surface area contributed by atoms with E-state index < -0.39 is 35.9 Å². The first kappa shape index (κ1) is 19.1. The van der Waals surface area contributed by atoms with Gasteiger partial charge in [0.05, 0.1) is 12.0 Å². The second-order valence-electron chi connectivity index (χ2n) is 6.66. The van der Waals surface area contributed by atoms with E-state index in [0.717, 1.165) is 10.5 Å². The molecule has 2 rings (SSSR count). The minimum absolute atomic E-state index is 0.0899. The molecule has 1 aliphatic heterocycles. The highest BCUT2D eigenvalue weighted by Gasteiger charge is 2.41. The van der Waals surface area contributed by atoms with Crippen molar-refractivity contribution in [1.82, 2.24) is 4.90 Å². The Kier molecular flexibility index (Phi) is 6.31. The predicted octanol–water partition coefficient (Wildman–Crippen LogP) is 3.08. The van der Waals surface area contributed by atoms with Crippen molar-refractivity contribution >= 4 is 12.0 Å². The van der Waals surface area contributed by atoms with Gasteiger partial charge in [-0.1, -0.05) is 51.1 Å². The minimum atomic E-state index is -1.58. The lowest BCUT2D eigenvalue weighted by atomic mass is 9.98. The van der Waals surface area contributed by atoms with Crippen LogP contribution >= 0.6 is 0 Å². The number of carbonyl (C=O) groups is 2. The van der Waals surface area contributed by atoms with Crippen molar-refractivity contribution in [3.63, 3.8) is 0 Å². The van der Waals surface area contributed by atoms with Crippen LogP contribution in [0.1, 0.15) is 26.3 Å². The fourth-order valence-corrected chi connectivity index (χ4v) is 2.78. The molecule has 0 saturated carbocycles. The molecule has 3 atom stereocenters. The summed E-state index contributed by atoms with van der Waals surface area (Å²) in [6, 6.07) is 8.96. The first-order chi connectivity index (χ1) is 11.8. The molecule has 25 heavy (non-hydrogen) atoms. The van der Waals surface area contributed by atoms with E-state index in [1.807, 2.05) is 30.3 Å². The van der Waals surface area contributed by atoms with Gasteiger partial charge in [0.1, 0.15) is 18.5 Å². The fraction of sp³-hybridized carbons (Fsp3) is 0.474. The maximum atomic E-state index is 14.0. The standard InChI is InChI=1S/C19H24FNO4/c1-12(2)9-16(20)17(22)13(3)18(23)21-15(11-25-19(21)24)10-14-7-5-4-6-8-14/h4-9,12-13,15,17,22H,10-11H2,1-3H3/b16-9-/t13-,15-,17-/m1/s1. The van der Waals surface area contributed by atoms with Crippen LogP contribution in [0.4, 0.5) is 9.18 Å². The van der Waals surface area contributed by atoms with Crippen molar-refractivity contribution in [1.29, 1.82) is 0 Å². The summed E-state index contributed by atoms with van der Waals surface area (Å²) >= 11 is 0. The summed E-state index contributed by atoms with van der Waals surface area (Å²) in [4.78, 5) is 25.6. The van der Waals surface area contributed by atoms with E-state index in [4.69, 9.17) is 4.74 Å². The largest absolute Gasteiger partial charge is 0.447 e. The number of hydrogen-bond acceptors (Lipinski definition) is 4. The lowest BCUT2D eigenvalue weighted by Gasteiger charge is -2.25. The lowest BCUT2D eigenvalue weighted by Crippen LogP contribution is -2.45. The molecule has 6 heteroatoms. The summed E-state index contributed by atoms with van der Waals surface area (Å²) < 4.78 is 19.0. The number of imide groups is 1. The third-order valence-electron chi connectivity index (χ3n) is 4.15. The first-order valence-corrected chi connectivity index (χ1v) is 8.40. The molecule has 136 valence electrons. The minimum Gasteiger partial charge on any atom is -0.447 e. The van der Waals surface area contributed by atoms with Crippen LogP contribution in [-0.2, 0) is 16.0 Å². The highest BCUT2D eigenvalue weighted by Crippen LogP contribution is 2.24. The van der Waals surface area contributed by atoms with Gasteiger partial charge in [-0.05, 0) is 24.0 Å². The molecule has 2 amide bonds. The number of cyclic esters (lactones) is 1. The van der Waals surface area contributed by atoms with Gasteiger partial charge in [-0.3, -0.25) is 4.79 Å². The van der Waals surface area contributed by atoms with Gasteiger partial charge in [-0.25, -0.2) is 14.1 Å². The molecular formula is C19H24FNO4. The zero-order chi connectivity index (χ0) is 18.6. The highest BCUT2D eigenvalue weighted by molar-refractivity contribution is 5.95. The molecule has 1 aromatic carbocycles. The van der Waals surface area contributed by atoms with E-state index in [2.05, 4.69) is 0 Å². The average Bonchev–Trinajstić information content (AvgIpc) is 2.93. The molecule has 5 nitrogen and oxygen atoms in total. The Morgan fingerprint density at radius 3 is 2.60 bits per heavy atom. The molecule has 0 bridgehead atoms. The topological polar surface area (TPSA) is 66.8 Å². The van der Waals surface area contributed by atoms with Crippen molar-refractivity contribution < 1.29 is 23.8 Å². The maximum absolute atomic E-state index is 14.0. The third kappa shape index (κ3) is 4.66. The molecular weight excluding hydrogens is 325 g/mol. The van der Waals surface area contributed by atoms with Crippen LogP contribution in [0.5, 0.6) is 0 Å². The van der Waals surface area contributed by atoms with Gasteiger partial charge in [0.15, 0.2) is 0 Å². The number of benzene rings is 1. The number of allylic oxidation sites excluding steroid dienone is 1. The van der Waals surface area contributed by atoms with E-state index in [1.165, 1.54) is 13.0 Å². The van der Waals surface area contributed by atoms with Crippen molar-refractivity contribution in [3.8, 4) is 0 Å². The third-order valence-corrected chi connectivity index (χ3v) is 4.15. The monoisotopic (exact) mass is 349 g/mol. The zero-order valence-electron chi connectivity index (χ0n) is 14.7. The van der Waals surface area contributed by atoms with Crippen LogP contribution in [0, 0.1) is 11.8 Å².